The first kappa shape index (κ1) is 16.9. The molecular weight excluding hydrogens is 340 g/mol. The number of phenolic OH excluding ortho intramolecular Hbond substituents is 1. The predicted molar refractivity (Wildman–Crippen MR) is 95.9 cm³/mol. The van der Waals surface area contributed by atoms with E-state index in [0.29, 0.717) is 27.8 Å². The molecule has 3 rings (SSSR count). The second kappa shape index (κ2) is 7.73. The summed E-state index contributed by atoms with van der Waals surface area (Å²) in [5.41, 5.74) is 0.552. The fourth-order valence-electron chi connectivity index (χ4n) is 2.12. The maximum absolute atomic E-state index is 12.1. The van der Waals surface area contributed by atoms with Crippen LogP contribution in [0.3, 0.4) is 0 Å². The molecule has 0 aromatic heterocycles. The van der Waals surface area contributed by atoms with Crippen molar-refractivity contribution in [2.24, 2.45) is 0 Å². The van der Waals surface area contributed by atoms with E-state index in [1.165, 1.54) is 0 Å². The lowest BCUT2D eigenvalue weighted by molar-refractivity contribution is 0.0921. The summed E-state index contributed by atoms with van der Waals surface area (Å²) in [5, 5.41) is 9.84. The van der Waals surface area contributed by atoms with Crippen molar-refractivity contribution in [2.45, 2.75) is 0 Å². The van der Waals surface area contributed by atoms with Crippen molar-refractivity contribution >= 4 is 17.4 Å². The number of carbonyl (C=O) groups is 1. The molecule has 0 aliphatic heterocycles. The van der Waals surface area contributed by atoms with Gasteiger partial charge in [-0.2, -0.15) is 0 Å². The summed E-state index contributed by atoms with van der Waals surface area (Å²) in [6, 6.07) is 20.1. The van der Waals surface area contributed by atoms with Crippen molar-refractivity contribution < 1.29 is 19.4 Å². The number of ether oxygens (including phenoxy) is 2. The summed E-state index contributed by atoms with van der Waals surface area (Å²) in [6.07, 6.45) is 0. The number of hydrogen-bond acceptors (Lipinski definition) is 4. The van der Waals surface area contributed by atoms with Gasteiger partial charge in [-0.05, 0) is 72.8 Å². The lowest BCUT2D eigenvalue weighted by Crippen LogP contribution is -2.11. The zero-order valence-corrected chi connectivity index (χ0v) is 13.9. The standard InChI is InChI=1S/C20H15ClO4/c21-15-3-1-14(2-4-15)20(23)13-24-17-9-11-19(12-10-17)25-18-7-5-16(22)6-8-18/h1-12,22H,13H2. The Morgan fingerprint density at radius 1 is 0.800 bits per heavy atom. The highest BCUT2D eigenvalue weighted by Gasteiger charge is 2.07. The first-order chi connectivity index (χ1) is 12.1. The molecule has 0 aliphatic carbocycles. The largest absolute Gasteiger partial charge is 0.508 e. The second-order valence-corrected chi connectivity index (χ2v) is 5.72. The minimum Gasteiger partial charge on any atom is -0.508 e. The van der Waals surface area contributed by atoms with Crippen molar-refractivity contribution in [3.8, 4) is 23.0 Å². The van der Waals surface area contributed by atoms with Crippen molar-refractivity contribution in [1.82, 2.24) is 0 Å². The molecule has 0 radical (unpaired) electrons. The number of benzene rings is 3. The Labute approximate surface area is 150 Å². The molecule has 1 N–H and O–H groups in total. The van der Waals surface area contributed by atoms with Crippen LogP contribution in [0.25, 0.3) is 0 Å². The molecule has 5 heteroatoms. The molecule has 0 aliphatic rings. The van der Waals surface area contributed by atoms with Gasteiger partial charge >= 0.3 is 0 Å². The van der Waals surface area contributed by atoms with Crippen LogP contribution < -0.4 is 9.47 Å². The Kier molecular flexibility index (Phi) is 5.21. The van der Waals surface area contributed by atoms with Crippen LogP contribution in [0.5, 0.6) is 23.0 Å². The van der Waals surface area contributed by atoms with E-state index >= 15 is 0 Å². The van der Waals surface area contributed by atoms with E-state index in [0.717, 1.165) is 0 Å². The van der Waals surface area contributed by atoms with Gasteiger partial charge in [-0.3, -0.25) is 4.79 Å². The summed E-state index contributed by atoms with van der Waals surface area (Å²) in [6.45, 7) is -0.0558. The van der Waals surface area contributed by atoms with E-state index < -0.39 is 0 Å². The van der Waals surface area contributed by atoms with Gasteiger partial charge in [0.15, 0.2) is 12.4 Å². The number of phenols is 1. The van der Waals surface area contributed by atoms with Crippen molar-refractivity contribution in [3.05, 3.63) is 83.4 Å². The highest BCUT2D eigenvalue weighted by molar-refractivity contribution is 6.30. The molecule has 0 unspecified atom stereocenters. The molecule has 0 bridgehead atoms. The molecule has 3 aromatic carbocycles. The van der Waals surface area contributed by atoms with Crippen LogP contribution in [0, 0.1) is 0 Å². The molecule has 3 aromatic rings. The third kappa shape index (κ3) is 4.75. The predicted octanol–water partition coefficient (Wildman–Crippen LogP) is 5.10. The molecular formula is C20H15ClO4. The van der Waals surface area contributed by atoms with Crippen LogP contribution in [-0.2, 0) is 0 Å². The van der Waals surface area contributed by atoms with Crippen molar-refractivity contribution in [2.75, 3.05) is 6.61 Å². The average Bonchev–Trinajstić information content (AvgIpc) is 2.63. The molecule has 0 spiro atoms. The third-order valence-corrected chi connectivity index (χ3v) is 3.68. The minimum absolute atomic E-state index is 0.0558. The summed E-state index contributed by atoms with van der Waals surface area (Å²) in [7, 11) is 0. The molecule has 0 heterocycles. The van der Waals surface area contributed by atoms with Crippen LogP contribution in [0.15, 0.2) is 72.8 Å². The maximum atomic E-state index is 12.1. The summed E-state index contributed by atoms with van der Waals surface area (Å²) < 4.78 is 11.2. The van der Waals surface area contributed by atoms with Crippen molar-refractivity contribution in [3.63, 3.8) is 0 Å². The van der Waals surface area contributed by atoms with Gasteiger partial charge in [0.1, 0.15) is 23.0 Å². The zero-order valence-electron chi connectivity index (χ0n) is 13.2. The Morgan fingerprint density at radius 2 is 1.32 bits per heavy atom. The van der Waals surface area contributed by atoms with E-state index in [4.69, 9.17) is 21.1 Å². The lowest BCUT2D eigenvalue weighted by atomic mass is 10.1. The summed E-state index contributed by atoms with van der Waals surface area (Å²) >= 11 is 5.80. The highest BCUT2D eigenvalue weighted by Crippen LogP contribution is 2.25. The quantitative estimate of drug-likeness (QED) is 0.626. The van der Waals surface area contributed by atoms with Gasteiger partial charge in [0, 0.05) is 10.6 Å². The van der Waals surface area contributed by atoms with Crippen LogP contribution in [0.2, 0.25) is 5.02 Å². The SMILES string of the molecule is O=C(COc1ccc(Oc2ccc(O)cc2)cc1)c1ccc(Cl)cc1. The molecule has 4 nitrogen and oxygen atoms in total. The number of carbonyl (C=O) groups excluding carboxylic acids is 1. The van der Waals surface area contributed by atoms with Gasteiger partial charge in [-0.15, -0.1) is 0 Å². The van der Waals surface area contributed by atoms with Gasteiger partial charge in [-0.1, -0.05) is 11.6 Å². The summed E-state index contributed by atoms with van der Waals surface area (Å²) in [4.78, 5) is 12.1. The first-order valence-electron chi connectivity index (χ1n) is 7.59. The van der Waals surface area contributed by atoms with E-state index in [-0.39, 0.29) is 18.1 Å². The molecule has 0 atom stereocenters. The molecule has 0 saturated heterocycles. The molecule has 126 valence electrons. The van der Waals surface area contributed by atoms with Crippen LogP contribution in [0.1, 0.15) is 10.4 Å². The summed E-state index contributed by atoms with van der Waals surface area (Å²) in [5.74, 6) is 1.87. The highest BCUT2D eigenvalue weighted by atomic mass is 35.5. The number of rotatable bonds is 6. The van der Waals surface area contributed by atoms with Crippen LogP contribution in [-0.4, -0.2) is 17.5 Å². The third-order valence-electron chi connectivity index (χ3n) is 3.43. The molecule has 0 fully saturated rings. The van der Waals surface area contributed by atoms with Gasteiger partial charge in [-0.25, -0.2) is 0 Å². The molecule has 25 heavy (non-hydrogen) atoms. The number of halogens is 1. The Balaban J connectivity index is 1.56. The Bertz CT molecular complexity index is 840. The number of Topliss-reactive ketones (excluding diaryl/α,β-unsaturated/α-hetero) is 1. The zero-order chi connectivity index (χ0) is 17.6. The molecule has 0 amide bonds. The smallest absolute Gasteiger partial charge is 0.200 e. The fraction of sp³-hybridized carbons (Fsp3) is 0.0500. The minimum atomic E-state index is -0.124. The van der Waals surface area contributed by atoms with Crippen molar-refractivity contribution in [1.29, 1.82) is 0 Å². The lowest BCUT2D eigenvalue weighted by Gasteiger charge is -2.08. The molecule has 0 saturated carbocycles. The van der Waals surface area contributed by atoms with E-state index in [1.807, 2.05) is 0 Å². The van der Waals surface area contributed by atoms with Gasteiger partial charge in [0.05, 0.1) is 0 Å². The van der Waals surface area contributed by atoms with Crippen LogP contribution in [0.4, 0.5) is 0 Å². The first-order valence-corrected chi connectivity index (χ1v) is 7.96. The van der Waals surface area contributed by atoms with E-state index in [9.17, 15) is 9.90 Å². The normalized spacial score (nSPS) is 10.3. The Hall–Kier alpha value is -2.98. The topological polar surface area (TPSA) is 55.8 Å². The van der Waals surface area contributed by atoms with E-state index in [2.05, 4.69) is 0 Å². The van der Waals surface area contributed by atoms with Gasteiger partial charge in [0.2, 0.25) is 0 Å². The van der Waals surface area contributed by atoms with Gasteiger partial charge < -0.3 is 14.6 Å². The number of ketones is 1. The number of aromatic hydroxyl groups is 1. The monoisotopic (exact) mass is 354 g/mol. The van der Waals surface area contributed by atoms with E-state index in [1.54, 1.807) is 72.8 Å². The Morgan fingerprint density at radius 3 is 1.92 bits per heavy atom. The fourth-order valence-corrected chi connectivity index (χ4v) is 2.25. The van der Waals surface area contributed by atoms with Gasteiger partial charge in [0.25, 0.3) is 0 Å². The number of hydrogen-bond donors (Lipinski definition) is 1. The maximum Gasteiger partial charge on any atom is 0.200 e. The second-order valence-electron chi connectivity index (χ2n) is 5.29. The average molecular weight is 355 g/mol. The van der Waals surface area contributed by atoms with Crippen LogP contribution >= 0.6 is 11.6 Å².